The first kappa shape index (κ1) is 13.2. The van der Waals surface area contributed by atoms with Gasteiger partial charge in [-0.25, -0.2) is 9.97 Å². The van der Waals surface area contributed by atoms with E-state index in [1.54, 1.807) is 11.8 Å². The Morgan fingerprint density at radius 1 is 1.25 bits per heavy atom. The predicted octanol–water partition coefficient (Wildman–Crippen LogP) is 1.11. The van der Waals surface area contributed by atoms with Gasteiger partial charge in [0.15, 0.2) is 0 Å². The molecule has 1 heterocycles. The topological polar surface area (TPSA) is 61.9 Å². The van der Waals surface area contributed by atoms with Crippen LogP contribution in [0, 0.1) is 0 Å². The Hall–Kier alpha value is -0.850. The Bertz CT molecular complexity index is 288. The van der Waals surface area contributed by atoms with Gasteiger partial charge in [0, 0.05) is 36.4 Å². The molecule has 1 rings (SSSR count). The lowest BCUT2D eigenvalue weighted by Gasteiger charge is -2.10. The molecule has 5 nitrogen and oxygen atoms in total. The van der Waals surface area contributed by atoms with Crippen molar-refractivity contribution in [2.75, 3.05) is 24.7 Å². The molecule has 0 bridgehead atoms. The Labute approximate surface area is 101 Å². The average Bonchev–Trinajstić information content (AvgIpc) is 2.29. The highest BCUT2D eigenvalue weighted by Gasteiger charge is 1.95. The number of anilines is 1. The molecule has 0 radical (unpaired) electrons. The van der Waals surface area contributed by atoms with Gasteiger partial charge < -0.3 is 5.32 Å². The van der Waals surface area contributed by atoms with Gasteiger partial charge in [-0.1, -0.05) is 0 Å². The Morgan fingerprint density at radius 2 is 1.94 bits per heavy atom. The number of aromatic nitrogens is 2. The minimum atomic E-state index is 0.442. The third kappa shape index (κ3) is 5.29. The fourth-order valence-corrected chi connectivity index (χ4v) is 1.34. The summed E-state index contributed by atoms with van der Waals surface area (Å²) in [6.45, 7) is 5.79. The van der Waals surface area contributed by atoms with Gasteiger partial charge in [0.05, 0.1) is 0 Å². The van der Waals surface area contributed by atoms with Gasteiger partial charge in [-0.2, -0.15) is 0 Å². The summed E-state index contributed by atoms with van der Waals surface area (Å²) < 4.78 is 0. The summed E-state index contributed by atoms with van der Waals surface area (Å²) >= 11 is 1.64. The van der Waals surface area contributed by atoms with Gasteiger partial charge in [0.1, 0.15) is 0 Å². The van der Waals surface area contributed by atoms with Crippen LogP contribution in [0.2, 0.25) is 0 Å². The second-order valence-electron chi connectivity index (χ2n) is 3.60. The van der Waals surface area contributed by atoms with Crippen LogP contribution < -0.4 is 16.2 Å². The van der Waals surface area contributed by atoms with E-state index in [0.717, 1.165) is 18.0 Å². The average molecular weight is 241 g/mol. The number of nitrogens with one attached hydrogen (secondary N) is 3. The molecule has 0 atom stereocenters. The molecule has 0 aliphatic carbocycles. The first-order valence-corrected chi connectivity index (χ1v) is 6.53. The van der Waals surface area contributed by atoms with Gasteiger partial charge in [-0.05, 0) is 20.1 Å². The van der Waals surface area contributed by atoms with Crippen LogP contribution in [0.15, 0.2) is 17.3 Å². The summed E-state index contributed by atoms with van der Waals surface area (Å²) in [6.07, 6.45) is 5.65. The lowest BCUT2D eigenvalue weighted by atomic mass is 10.4. The highest BCUT2D eigenvalue weighted by atomic mass is 32.2. The van der Waals surface area contributed by atoms with E-state index < -0.39 is 0 Å². The van der Waals surface area contributed by atoms with E-state index in [2.05, 4.69) is 40.0 Å². The quantitative estimate of drug-likeness (QED) is 0.378. The van der Waals surface area contributed by atoms with E-state index in [-0.39, 0.29) is 0 Å². The minimum Gasteiger partial charge on any atom is -0.353 e. The SMILES string of the molecule is CSc1cnc(NCCNNC(C)C)nc1. The normalized spacial score (nSPS) is 10.8. The number of hydrazine groups is 1. The molecule has 0 aliphatic heterocycles. The summed E-state index contributed by atoms with van der Waals surface area (Å²) in [5.41, 5.74) is 6.22. The molecule has 0 saturated carbocycles. The second-order valence-corrected chi connectivity index (χ2v) is 4.48. The molecular formula is C10H19N5S. The molecule has 16 heavy (non-hydrogen) atoms. The number of thioether (sulfide) groups is 1. The highest BCUT2D eigenvalue weighted by molar-refractivity contribution is 7.98. The van der Waals surface area contributed by atoms with Gasteiger partial charge in [-0.15, -0.1) is 11.8 Å². The van der Waals surface area contributed by atoms with E-state index in [4.69, 9.17) is 0 Å². The molecule has 0 unspecified atom stereocenters. The highest BCUT2D eigenvalue weighted by Crippen LogP contribution is 2.11. The molecule has 3 N–H and O–H groups in total. The Kier molecular flexibility index (Phi) is 6.14. The summed E-state index contributed by atoms with van der Waals surface area (Å²) in [5, 5.41) is 3.14. The van der Waals surface area contributed by atoms with Crippen LogP contribution in [0.4, 0.5) is 5.95 Å². The van der Waals surface area contributed by atoms with Gasteiger partial charge in [0.2, 0.25) is 5.95 Å². The summed E-state index contributed by atoms with van der Waals surface area (Å²) in [4.78, 5) is 9.46. The molecule has 90 valence electrons. The van der Waals surface area contributed by atoms with Crippen molar-refractivity contribution in [3.8, 4) is 0 Å². The first-order valence-electron chi connectivity index (χ1n) is 5.30. The van der Waals surface area contributed by atoms with Crippen LogP contribution in [0.5, 0.6) is 0 Å². The molecule has 0 spiro atoms. The van der Waals surface area contributed by atoms with Gasteiger partial charge >= 0.3 is 0 Å². The third-order valence-corrected chi connectivity index (χ3v) is 2.47. The molecule has 0 fully saturated rings. The maximum absolute atomic E-state index is 4.19. The molecule has 6 heteroatoms. The molecule has 0 saturated heterocycles. The largest absolute Gasteiger partial charge is 0.353 e. The van der Waals surface area contributed by atoms with E-state index in [1.165, 1.54) is 0 Å². The van der Waals surface area contributed by atoms with Crippen LogP contribution in [-0.4, -0.2) is 35.4 Å². The van der Waals surface area contributed by atoms with Crippen LogP contribution in [0.1, 0.15) is 13.8 Å². The van der Waals surface area contributed by atoms with Crippen molar-refractivity contribution in [3.05, 3.63) is 12.4 Å². The van der Waals surface area contributed by atoms with Crippen molar-refractivity contribution in [2.45, 2.75) is 24.8 Å². The van der Waals surface area contributed by atoms with E-state index in [1.807, 2.05) is 18.6 Å². The molecule has 1 aromatic rings. The predicted molar refractivity (Wildman–Crippen MR) is 68.6 cm³/mol. The summed E-state index contributed by atoms with van der Waals surface area (Å²) in [6, 6.07) is 0.442. The minimum absolute atomic E-state index is 0.442. The Balaban J connectivity index is 2.16. The van der Waals surface area contributed by atoms with Crippen LogP contribution in [-0.2, 0) is 0 Å². The summed E-state index contributed by atoms with van der Waals surface area (Å²) in [5.74, 6) is 0.671. The lowest BCUT2D eigenvalue weighted by molar-refractivity contribution is 0.481. The fraction of sp³-hybridized carbons (Fsp3) is 0.600. The standard InChI is InChI=1S/C10H19N5S/c1-8(2)15-14-5-4-11-10-12-6-9(16-3)7-13-10/h6-8,14-15H,4-5H2,1-3H3,(H,11,12,13). The second kappa shape index (κ2) is 7.43. The van der Waals surface area contributed by atoms with Crippen molar-refractivity contribution in [3.63, 3.8) is 0 Å². The Morgan fingerprint density at radius 3 is 2.50 bits per heavy atom. The van der Waals surface area contributed by atoms with Crippen molar-refractivity contribution in [2.24, 2.45) is 0 Å². The van der Waals surface area contributed by atoms with Crippen molar-refractivity contribution in [1.29, 1.82) is 0 Å². The van der Waals surface area contributed by atoms with E-state index in [0.29, 0.717) is 12.0 Å². The van der Waals surface area contributed by atoms with Crippen LogP contribution >= 0.6 is 11.8 Å². The zero-order valence-corrected chi connectivity index (χ0v) is 10.8. The number of hydrogen-bond acceptors (Lipinski definition) is 6. The van der Waals surface area contributed by atoms with Crippen molar-refractivity contribution < 1.29 is 0 Å². The molecule has 0 aliphatic rings. The van der Waals surface area contributed by atoms with E-state index in [9.17, 15) is 0 Å². The monoisotopic (exact) mass is 241 g/mol. The van der Waals surface area contributed by atoms with Gasteiger partial charge in [0.25, 0.3) is 0 Å². The van der Waals surface area contributed by atoms with Gasteiger partial charge in [-0.3, -0.25) is 10.9 Å². The zero-order valence-electron chi connectivity index (χ0n) is 9.95. The maximum Gasteiger partial charge on any atom is 0.222 e. The number of nitrogens with zero attached hydrogens (tertiary/aromatic N) is 2. The molecular weight excluding hydrogens is 222 g/mol. The summed E-state index contributed by atoms with van der Waals surface area (Å²) in [7, 11) is 0. The lowest BCUT2D eigenvalue weighted by Crippen LogP contribution is -2.40. The zero-order chi connectivity index (χ0) is 11.8. The van der Waals surface area contributed by atoms with E-state index >= 15 is 0 Å². The van der Waals surface area contributed by atoms with Crippen molar-refractivity contribution in [1.82, 2.24) is 20.8 Å². The molecule has 1 aromatic heterocycles. The molecule has 0 aromatic carbocycles. The number of hydrogen-bond donors (Lipinski definition) is 3. The van der Waals surface area contributed by atoms with Crippen LogP contribution in [0.25, 0.3) is 0 Å². The van der Waals surface area contributed by atoms with Crippen molar-refractivity contribution >= 4 is 17.7 Å². The molecule has 0 amide bonds. The number of rotatable bonds is 7. The smallest absolute Gasteiger partial charge is 0.222 e. The third-order valence-electron chi connectivity index (χ3n) is 1.79. The first-order chi connectivity index (χ1) is 7.72. The van der Waals surface area contributed by atoms with Crippen LogP contribution in [0.3, 0.4) is 0 Å². The fourth-order valence-electron chi connectivity index (χ4n) is 1.03. The maximum atomic E-state index is 4.19.